The molecule has 0 aliphatic carbocycles. The van der Waals surface area contributed by atoms with Crippen molar-refractivity contribution in [2.75, 3.05) is 7.11 Å². The normalized spacial score (nSPS) is 11.6. The van der Waals surface area contributed by atoms with E-state index in [0.717, 1.165) is 18.2 Å². The number of aromatic nitrogens is 4. The van der Waals surface area contributed by atoms with E-state index in [9.17, 15) is 32.1 Å². The van der Waals surface area contributed by atoms with Gasteiger partial charge in [-0.15, -0.1) is 0 Å². The van der Waals surface area contributed by atoms with Crippen LogP contribution >= 0.6 is 0 Å². The highest BCUT2D eigenvalue weighted by molar-refractivity contribution is 5.77. The zero-order valence-corrected chi connectivity index (χ0v) is 19.9. The van der Waals surface area contributed by atoms with Crippen LogP contribution in [0.4, 0.5) is 27.6 Å². The maximum Gasteiger partial charge on any atom is 0.417 e. The van der Waals surface area contributed by atoms with E-state index in [4.69, 9.17) is 4.74 Å². The van der Waals surface area contributed by atoms with Crippen molar-refractivity contribution in [1.82, 2.24) is 19.7 Å². The number of nitro groups is 1. The van der Waals surface area contributed by atoms with Gasteiger partial charge in [0.05, 0.1) is 47.7 Å². The number of nitrogens with zero attached hydrogens (tertiary/aromatic N) is 5. The van der Waals surface area contributed by atoms with Crippen LogP contribution < -0.4 is 4.74 Å². The first kappa shape index (κ1) is 25.7. The molecular formula is C26H16F5N5O3. The Bertz CT molecular complexity index is 1690. The molecule has 2 aliphatic rings. The van der Waals surface area contributed by atoms with Crippen LogP contribution in [0, 0.1) is 21.7 Å². The van der Waals surface area contributed by atoms with E-state index in [1.807, 2.05) is 0 Å². The van der Waals surface area contributed by atoms with Gasteiger partial charge in [0, 0.05) is 11.6 Å². The van der Waals surface area contributed by atoms with Crippen LogP contribution in [0.1, 0.15) is 11.1 Å². The molecule has 0 amide bonds. The van der Waals surface area contributed by atoms with Crippen LogP contribution in [0.3, 0.4) is 0 Å². The minimum absolute atomic E-state index is 0.00230. The fourth-order valence-electron chi connectivity index (χ4n) is 4.11. The largest absolute Gasteiger partial charge is 0.497 e. The first-order valence-corrected chi connectivity index (χ1v) is 11.2. The highest BCUT2D eigenvalue weighted by Gasteiger charge is 2.36. The summed E-state index contributed by atoms with van der Waals surface area (Å²) in [6.07, 6.45) is -1.97. The topological polar surface area (TPSA) is 96.0 Å². The molecule has 0 saturated heterocycles. The molecule has 2 aliphatic heterocycles. The average Bonchev–Trinajstić information content (AvgIpc) is 3.32. The van der Waals surface area contributed by atoms with E-state index in [-0.39, 0.29) is 34.8 Å². The Labute approximate surface area is 216 Å². The van der Waals surface area contributed by atoms with Gasteiger partial charge in [0.2, 0.25) is 0 Å². The maximum absolute atomic E-state index is 14.2. The smallest absolute Gasteiger partial charge is 0.417 e. The van der Waals surface area contributed by atoms with E-state index in [0.29, 0.717) is 17.0 Å². The van der Waals surface area contributed by atoms with E-state index in [1.165, 1.54) is 60.6 Å². The van der Waals surface area contributed by atoms with Crippen LogP contribution in [-0.2, 0) is 12.7 Å². The molecular weight excluding hydrogens is 525 g/mol. The number of rotatable bonds is 6. The fourth-order valence-corrected chi connectivity index (χ4v) is 4.11. The number of alkyl halides is 3. The highest BCUT2D eigenvalue weighted by atomic mass is 19.4. The molecule has 0 bridgehead atoms. The van der Waals surface area contributed by atoms with Gasteiger partial charge in [-0.2, -0.15) is 18.3 Å². The van der Waals surface area contributed by atoms with Crippen LogP contribution in [0.15, 0.2) is 67.0 Å². The van der Waals surface area contributed by atoms with Crippen LogP contribution in [-0.4, -0.2) is 31.8 Å². The van der Waals surface area contributed by atoms with Gasteiger partial charge in [0.1, 0.15) is 17.1 Å². The number of nitro benzene ring substituents is 1. The number of hydrogen-bond donors (Lipinski definition) is 0. The summed E-state index contributed by atoms with van der Waals surface area (Å²) in [5.41, 5.74) is -1.30. The van der Waals surface area contributed by atoms with Gasteiger partial charge in [-0.25, -0.2) is 18.7 Å². The monoisotopic (exact) mass is 541 g/mol. The number of hydrogen-bond acceptors (Lipinski definition) is 6. The molecule has 0 fully saturated rings. The predicted molar refractivity (Wildman–Crippen MR) is 129 cm³/mol. The van der Waals surface area contributed by atoms with Crippen LogP contribution in [0.25, 0.3) is 33.9 Å². The summed E-state index contributed by atoms with van der Waals surface area (Å²) in [5.74, 6) is -2.22. The van der Waals surface area contributed by atoms with Crippen LogP contribution in [0.5, 0.6) is 5.75 Å². The third kappa shape index (κ3) is 4.98. The first-order valence-electron chi connectivity index (χ1n) is 11.2. The molecule has 8 nitrogen and oxygen atoms in total. The Hall–Kier alpha value is -4.94. The lowest BCUT2D eigenvalue weighted by molar-refractivity contribution is -0.384. The molecule has 3 aromatic rings. The fraction of sp³-hybridized carbons (Fsp3) is 0.115. The Kier molecular flexibility index (Phi) is 6.42. The summed E-state index contributed by atoms with van der Waals surface area (Å²) >= 11 is 0. The zero-order valence-electron chi connectivity index (χ0n) is 19.9. The number of benzene rings is 3. The minimum atomic E-state index is -4.78. The first-order chi connectivity index (χ1) is 18.5. The summed E-state index contributed by atoms with van der Waals surface area (Å²) in [6.45, 7) is 0.00230. The molecule has 198 valence electrons. The van der Waals surface area contributed by atoms with Crippen molar-refractivity contribution >= 4 is 5.69 Å². The van der Waals surface area contributed by atoms with Gasteiger partial charge < -0.3 is 4.74 Å². The lowest BCUT2D eigenvalue weighted by Gasteiger charge is -2.15. The van der Waals surface area contributed by atoms with E-state index in [1.54, 1.807) is 0 Å². The Balaban J connectivity index is 1.50. The van der Waals surface area contributed by atoms with Crippen molar-refractivity contribution in [3.8, 4) is 39.7 Å². The van der Waals surface area contributed by atoms with Gasteiger partial charge in [0.25, 0.3) is 5.69 Å². The number of imidazole rings is 1. The summed E-state index contributed by atoms with van der Waals surface area (Å²) in [4.78, 5) is 19.5. The lowest BCUT2D eigenvalue weighted by Crippen LogP contribution is -2.09. The second-order valence-electron chi connectivity index (χ2n) is 8.41. The average molecular weight is 541 g/mol. The highest BCUT2D eigenvalue weighted by Crippen LogP contribution is 2.42. The minimum Gasteiger partial charge on any atom is -0.497 e. The number of methoxy groups -OCH3 is 1. The molecule has 0 aromatic heterocycles. The standard InChI is InChI=1S/C26H16F5N5O3/c1-39-15-6-8-16(19(10-15)26(29,30)31)17-7-5-14(9-23(17)36(37)38)12-35-13-22-21(11-32-35)33-25(34-22)18-3-2-4-20(27)24(18)28/h2-11,13H,12H2,1H3. The molecule has 3 aromatic carbocycles. The predicted octanol–water partition coefficient (Wildman–Crippen LogP) is 6.37. The Morgan fingerprint density at radius 2 is 1.72 bits per heavy atom. The molecule has 0 atom stereocenters. The number of ether oxygens (including phenoxy) is 1. The van der Waals surface area contributed by atoms with Gasteiger partial charge in [-0.05, 0) is 42.0 Å². The van der Waals surface area contributed by atoms with Gasteiger partial charge >= 0.3 is 6.18 Å². The van der Waals surface area contributed by atoms with E-state index in [2.05, 4.69) is 15.1 Å². The van der Waals surface area contributed by atoms with E-state index >= 15 is 0 Å². The maximum atomic E-state index is 14.2. The van der Waals surface area contributed by atoms with Crippen molar-refractivity contribution < 1.29 is 31.6 Å². The third-order valence-electron chi connectivity index (χ3n) is 5.93. The van der Waals surface area contributed by atoms with Crippen molar-refractivity contribution in [3.63, 3.8) is 0 Å². The lowest BCUT2D eigenvalue weighted by atomic mass is 9.96. The Morgan fingerprint density at radius 1 is 0.974 bits per heavy atom. The molecule has 39 heavy (non-hydrogen) atoms. The molecule has 0 spiro atoms. The Morgan fingerprint density at radius 3 is 2.44 bits per heavy atom. The molecule has 13 heteroatoms. The number of halogens is 5. The number of fused-ring (bicyclic) bond motifs is 1. The van der Waals surface area contributed by atoms with Gasteiger partial charge in [0.15, 0.2) is 17.5 Å². The van der Waals surface area contributed by atoms with Crippen LogP contribution in [0.2, 0.25) is 0 Å². The van der Waals surface area contributed by atoms with Gasteiger partial charge in [-0.1, -0.05) is 12.1 Å². The van der Waals surface area contributed by atoms with Crippen molar-refractivity contribution in [2.24, 2.45) is 0 Å². The molecule has 2 heterocycles. The SMILES string of the molecule is COc1ccc(-c2ccc(Cn3cc4nc(-c5cccc(F)c5F)nc-4cn3)cc2[N+](=O)[O-])c(C(F)(F)F)c1. The van der Waals surface area contributed by atoms with E-state index < -0.39 is 34.0 Å². The van der Waals surface area contributed by atoms with Crippen molar-refractivity contribution in [2.45, 2.75) is 12.7 Å². The molecule has 0 saturated carbocycles. The molecule has 5 rings (SSSR count). The molecule has 0 unspecified atom stereocenters. The molecule has 0 N–H and O–H groups in total. The molecule has 0 radical (unpaired) electrons. The summed E-state index contributed by atoms with van der Waals surface area (Å²) in [6, 6.07) is 10.7. The van der Waals surface area contributed by atoms with Crippen molar-refractivity contribution in [1.29, 1.82) is 0 Å². The second-order valence-corrected chi connectivity index (χ2v) is 8.41. The van der Waals surface area contributed by atoms with Crippen molar-refractivity contribution in [3.05, 3.63) is 99.9 Å². The summed E-state index contributed by atoms with van der Waals surface area (Å²) in [7, 11) is 1.22. The second kappa shape index (κ2) is 9.74. The zero-order chi connectivity index (χ0) is 27.9. The third-order valence-corrected chi connectivity index (χ3v) is 5.93. The summed E-state index contributed by atoms with van der Waals surface area (Å²) in [5, 5.41) is 16.0. The van der Waals surface area contributed by atoms with Gasteiger partial charge in [-0.3, -0.25) is 14.8 Å². The summed E-state index contributed by atoms with van der Waals surface area (Å²) < 4.78 is 75.3. The quantitative estimate of drug-likeness (QED) is 0.141.